The monoisotopic (exact) mass is 300 g/mol. The second kappa shape index (κ2) is 6.45. The summed E-state index contributed by atoms with van der Waals surface area (Å²) in [7, 11) is 0. The predicted molar refractivity (Wildman–Crippen MR) is 82.8 cm³/mol. The van der Waals surface area contributed by atoms with E-state index in [9.17, 15) is 0 Å². The van der Waals surface area contributed by atoms with Gasteiger partial charge in [-0.1, -0.05) is 29.3 Å². The third-order valence-corrected chi connectivity index (χ3v) is 4.84. The summed E-state index contributed by atoms with van der Waals surface area (Å²) < 4.78 is 0. The number of nitrogens with two attached hydrogens (primary N) is 1. The first-order valence-electron chi connectivity index (χ1n) is 6.93. The van der Waals surface area contributed by atoms with Crippen LogP contribution in [0.4, 0.5) is 0 Å². The van der Waals surface area contributed by atoms with Gasteiger partial charge in [0.1, 0.15) is 0 Å². The fourth-order valence-electron chi connectivity index (χ4n) is 2.87. The Morgan fingerprint density at radius 3 is 2.37 bits per heavy atom. The summed E-state index contributed by atoms with van der Waals surface area (Å²) in [5, 5.41) is 1.45. The molecule has 1 saturated heterocycles. The van der Waals surface area contributed by atoms with E-state index < -0.39 is 0 Å². The Balaban J connectivity index is 2.03. The highest BCUT2D eigenvalue weighted by Gasteiger charge is 2.26. The molecule has 106 valence electrons. The topological polar surface area (TPSA) is 29.3 Å². The zero-order valence-corrected chi connectivity index (χ0v) is 13.1. The normalized spacial score (nSPS) is 21.3. The minimum Gasteiger partial charge on any atom is -0.328 e. The highest BCUT2D eigenvalue weighted by Crippen LogP contribution is 2.32. The molecule has 1 heterocycles. The molecule has 0 radical (unpaired) electrons. The predicted octanol–water partition coefficient (Wildman–Crippen LogP) is 4.11. The molecule has 1 aromatic carbocycles. The maximum atomic E-state index is 6.29. The van der Waals surface area contributed by atoms with Crippen LogP contribution in [0.15, 0.2) is 18.2 Å². The smallest absolute Gasteiger partial charge is 0.0468 e. The van der Waals surface area contributed by atoms with Crippen LogP contribution < -0.4 is 5.73 Å². The number of rotatable bonds is 3. The molecule has 1 fully saturated rings. The van der Waals surface area contributed by atoms with Crippen molar-refractivity contribution >= 4 is 23.2 Å². The van der Waals surface area contributed by atoms with Gasteiger partial charge in [0.05, 0.1) is 0 Å². The van der Waals surface area contributed by atoms with Crippen molar-refractivity contribution in [3.63, 3.8) is 0 Å². The standard InChI is InChI=1S/C15H22Cl2N2/c1-10(18)12-5-7-19(8-6-12)11(2)14-4-3-13(16)9-15(14)17/h3-4,9-12H,5-8,18H2,1-2H3. The van der Waals surface area contributed by atoms with Crippen LogP contribution >= 0.6 is 23.2 Å². The van der Waals surface area contributed by atoms with Crippen LogP contribution in [0.5, 0.6) is 0 Å². The lowest BCUT2D eigenvalue weighted by Crippen LogP contribution is -2.40. The summed E-state index contributed by atoms with van der Waals surface area (Å²) in [4.78, 5) is 2.48. The van der Waals surface area contributed by atoms with Crippen molar-refractivity contribution in [2.45, 2.75) is 38.8 Å². The average molecular weight is 301 g/mol. The summed E-state index contributed by atoms with van der Waals surface area (Å²) in [5.74, 6) is 0.657. The van der Waals surface area contributed by atoms with Crippen molar-refractivity contribution in [2.24, 2.45) is 11.7 Å². The quantitative estimate of drug-likeness (QED) is 0.910. The van der Waals surface area contributed by atoms with E-state index in [-0.39, 0.29) is 0 Å². The molecule has 0 bridgehead atoms. The van der Waals surface area contributed by atoms with E-state index in [0.29, 0.717) is 23.0 Å². The Kier molecular flexibility index (Phi) is 5.13. The van der Waals surface area contributed by atoms with Gasteiger partial charge in [0, 0.05) is 22.1 Å². The second-order valence-electron chi connectivity index (χ2n) is 5.57. The second-order valence-corrected chi connectivity index (χ2v) is 6.42. The van der Waals surface area contributed by atoms with Crippen molar-refractivity contribution in [1.29, 1.82) is 0 Å². The van der Waals surface area contributed by atoms with Crippen molar-refractivity contribution < 1.29 is 0 Å². The molecule has 0 aliphatic carbocycles. The summed E-state index contributed by atoms with van der Waals surface area (Å²) in [6.07, 6.45) is 2.35. The highest BCUT2D eigenvalue weighted by atomic mass is 35.5. The van der Waals surface area contributed by atoms with E-state index >= 15 is 0 Å². The van der Waals surface area contributed by atoms with Gasteiger partial charge >= 0.3 is 0 Å². The first kappa shape index (κ1) is 15.1. The molecular weight excluding hydrogens is 279 g/mol. The molecule has 2 rings (SSSR count). The molecule has 0 saturated carbocycles. The van der Waals surface area contributed by atoms with Gasteiger partial charge in [-0.05, 0) is 63.4 Å². The van der Waals surface area contributed by atoms with Gasteiger partial charge in [-0.2, -0.15) is 0 Å². The van der Waals surface area contributed by atoms with Gasteiger partial charge in [0.25, 0.3) is 0 Å². The maximum Gasteiger partial charge on any atom is 0.0468 e. The first-order valence-corrected chi connectivity index (χ1v) is 7.69. The van der Waals surface area contributed by atoms with Gasteiger partial charge < -0.3 is 5.73 Å². The van der Waals surface area contributed by atoms with E-state index in [4.69, 9.17) is 28.9 Å². The van der Waals surface area contributed by atoms with Crippen LogP contribution in [0.25, 0.3) is 0 Å². The molecule has 19 heavy (non-hydrogen) atoms. The lowest BCUT2D eigenvalue weighted by molar-refractivity contribution is 0.132. The molecule has 1 aromatic rings. The van der Waals surface area contributed by atoms with Crippen LogP contribution in [0.2, 0.25) is 10.0 Å². The van der Waals surface area contributed by atoms with Crippen LogP contribution in [0.3, 0.4) is 0 Å². The van der Waals surface area contributed by atoms with E-state index in [0.717, 1.165) is 23.7 Å². The molecule has 1 aliphatic rings. The Hall–Kier alpha value is -0.280. The van der Waals surface area contributed by atoms with Gasteiger partial charge in [-0.15, -0.1) is 0 Å². The van der Waals surface area contributed by atoms with Gasteiger partial charge in [-0.25, -0.2) is 0 Å². The van der Waals surface area contributed by atoms with Crippen molar-refractivity contribution in [3.8, 4) is 0 Å². The minimum atomic E-state index is 0.302. The minimum absolute atomic E-state index is 0.302. The number of piperidine rings is 1. The molecule has 2 N–H and O–H groups in total. The number of hydrogen-bond donors (Lipinski definition) is 1. The lowest BCUT2D eigenvalue weighted by atomic mass is 9.90. The van der Waals surface area contributed by atoms with Gasteiger partial charge in [-0.3, -0.25) is 4.90 Å². The van der Waals surface area contributed by atoms with Crippen LogP contribution in [0.1, 0.15) is 38.3 Å². The summed E-state index contributed by atoms with van der Waals surface area (Å²) in [6.45, 7) is 6.50. The zero-order valence-electron chi connectivity index (χ0n) is 11.6. The van der Waals surface area contributed by atoms with Crippen LogP contribution in [-0.2, 0) is 0 Å². The molecule has 0 spiro atoms. The van der Waals surface area contributed by atoms with Crippen molar-refractivity contribution in [1.82, 2.24) is 4.90 Å². The average Bonchev–Trinajstić information content (AvgIpc) is 2.38. The SMILES string of the molecule is CC(N)C1CCN(C(C)c2ccc(Cl)cc2Cl)CC1. The van der Waals surface area contributed by atoms with Crippen molar-refractivity contribution in [2.75, 3.05) is 13.1 Å². The summed E-state index contributed by atoms with van der Waals surface area (Å²) in [5.41, 5.74) is 7.14. The fraction of sp³-hybridized carbons (Fsp3) is 0.600. The zero-order chi connectivity index (χ0) is 14.0. The van der Waals surface area contributed by atoms with E-state index in [1.807, 2.05) is 18.2 Å². The molecule has 2 unspecified atom stereocenters. The number of halogens is 2. The number of hydrogen-bond acceptors (Lipinski definition) is 2. The highest BCUT2D eigenvalue weighted by molar-refractivity contribution is 6.35. The van der Waals surface area contributed by atoms with Gasteiger partial charge in [0.2, 0.25) is 0 Å². The molecule has 2 nitrogen and oxygen atoms in total. The van der Waals surface area contributed by atoms with E-state index in [1.165, 1.54) is 12.8 Å². The van der Waals surface area contributed by atoms with Crippen molar-refractivity contribution in [3.05, 3.63) is 33.8 Å². The Bertz CT molecular complexity index is 426. The van der Waals surface area contributed by atoms with Gasteiger partial charge in [0.15, 0.2) is 0 Å². The third-order valence-electron chi connectivity index (χ3n) is 4.28. The molecule has 0 amide bonds. The van der Waals surface area contributed by atoms with Crippen LogP contribution in [-0.4, -0.2) is 24.0 Å². The Labute approximate surface area is 125 Å². The molecule has 4 heteroatoms. The number of benzene rings is 1. The lowest BCUT2D eigenvalue weighted by Gasteiger charge is -2.37. The van der Waals surface area contributed by atoms with Crippen LogP contribution in [0, 0.1) is 5.92 Å². The van der Waals surface area contributed by atoms with E-state index in [2.05, 4.69) is 18.7 Å². The summed E-state index contributed by atoms with van der Waals surface area (Å²) in [6, 6.07) is 6.40. The molecule has 1 aliphatic heterocycles. The first-order chi connectivity index (χ1) is 8.99. The largest absolute Gasteiger partial charge is 0.328 e. The number of likely N-dealkylation sites (tertiary alicyclic amines) is 1. The Morgan fingerprint density at radius 2 is 1.84 bits per heavy atom. The third kappa shape index (κ3) is 3.63. The fourth-order valence-corrected chi connectivity index (χ4v) is 3.44. The maximum absolute atomic E-state index is 6.29. The molecular formula is C15H22Cl2N2. The van der Waals surface area contributed by atoms with E-state index in [1.54, 1.807) is 0 Å². The molecule has 0 aromatic heterocycles. The Morgan fingerprint density at radius 1 is 1.21 bits per heavy atom. The number of nitrogens with zero attached hydrogens (tertiary/aromatic N) is 1. The molecule has 2 atom stereocenters. The summed E-state index contributed by atoms with van der Waals surface area (Å²) >= 11 is 12.2.